The van der Waals surface area contributed by atoms with E-state index in [0.29, 0.717) is 13.0 Å². The van der Waals surface area contributed by atoms with Crippen LogP contribution >= 0.6 is 0 Å². The van der Waals surface area contributed by atoms with Crippen LogP contribution in [-0.4, -0.2) is 37.5 Å². The Bertz CT molecular complexity index is 144. The van der Waals surface area contributed by atoms with Gasteiger partial charge in [-0.1, -0.05) is 6.08 Å². The van der Waals surface area contributed by atoms with Crippen molar-refractivity contribution in [2.75, 3.05) is 20.3 Å². The first kappa shape index (κ1) is 11.1. The van der Waals surface area contributed by atoms with Gasteiger partial charge in [-0.2, -0.15) is 0 Å². The van der Waals surface area contributed by atoms with Crippen LogP contribution in [0.1, 0.15) is 6.42 Å². The molecular weight excluding hydrogens is 160 g/mol. The molecule has 0 amide bonds. The second-order valence-corrected chi connectivity index (χ2v) is 2.23. The number of aliphatic carboxylic acids is 1. The van der Waals surface area contributed by atoms with Crippen LogP contribution in [0.3, 0.4) is 0 Å². The molecule has 0 heterocycles. The molecule has 0 rings (SSSR count). The summed E-state index contributed by atoms with van der Waals surface area (Å²) in [6.07, 6.45) is 1.45. The standard InChI is InChI=1S/C8H14O4/c1-3-4-5-12-7(6-11-2)8(9)10/h3,7H,1,4-6H2,2H3,(H,9,10). The molecule has 4 nitrogen and oxygen atoms in total. The molecule has 1 atom stereocenters. The van der Waals surface area contributed by atoms with Crippen molar-refractivity contribution in [3.63, 3.8) is 0 Å². The van der Waals surface area contributed by atoms with E-state index in [2.05, 4.69) is 11.3 Å². The maximum absolute atomic E-state index is 10.5. The fraction of sp³-hybridized carbons (Fsp3) is 0.625. The second kappa shape index (κ2) is 6.82. The molecule has 0 aliphatic heterocycles. The lowest BCUT2D eigenvalue weighted by molar-refractivity contribution is -0.153. The lowest BCUT2D eigenvalue weighted by Crippen LogP contribution is -2.28. The van der Waals surface area contributed by atoms with E-state index in [-0.39, 0.29) is 6.61 Å². The monoisotopic (exact) mass is 174 g/mol. The van der Waals surface area contributed by atoms with Crippen LogP contribution in [0.25, 0.3) is 0 Å². The van der Waals surface area contributed by atoms with E-state index in [0.717, 1.165) is 0 Å². The summed E-state index contributed by atoms with van der Waals surface area (Å²) in [6, 6.07) is 0. The first-order valence-electron chi connectivity index (χ1n) is 3.66. The van der Waals surface area contributed by atoms with Crippen LogP contribution < -0.4 is 0 Å². The van der Waals surface area contributed by atoms with E-state index in [9.17, 15) is 4.79 Å². The molecule has 0 bridgehead atoms. The predicted molar refractivity (Wildman–Crippen MR) is 44.1 cm³/mol. The van der Waals surface area contributed by atoms with E-state index in [4.69, 9.17) is 9.84 Å². The molecule has 0 saturated heterocycles. The molecule has 0 saturated carbocycles. The Morgan fingerprint density at radius 1 is 1.75 bits per heavy atom. The Morgan fingerprint density at radius 3 is 2.83 bits per heavy atom. The highest BCUT2D eigenvalue weighted by atomic mass is 16.5. The molecule has 0 aromatic rings. The quantitative estimate of drug-likeness (QED) is 0.455. The van der Waals surface area contributed by atoms with Gasteiger partial charge in [0.15, 0.2) is 6.10 Å². The number of methoxy groups -OCH3 is 1. The number of carbonyl (C=O) groups is 1. The minimum Gasteiger partial charge on any atom is -0.479 e. The normalized spacial score (nSPS) is 12.4. The van der Waals surface area contributed by atoms with Gasteiger partial charge in [0.05, 0.1) is 13.2 Å². The molecular formula is C8H14O4. The van der Waals surface area contributed by atoms with Gasteiger partial charge in [0.1, 0.15) is 0 Å². The zero-order valence-electron chi connectivity index (χ0n) is 7.16. The Hall–Kier alpha value is -0.870. The van der Waals surface area contributed by atoms with Crippen LogP contribution in [-0.2, 0) is 14.3 Å². The third kappa shape index (κ3) is 4.87. The van der Waals surface area contributed by atoms with E-state index >= 15 is 0 Å². The smallest absolute Gasteiger partial charge is 0.335 e. The number of hydrogen-bond acceptors (Lipinski definition) is 3. The minimum atomic E-state index is -0.999. The Kier molecular flexibility index (Phi) is 6.32. The summed E-state index contributed by atoms with van der Waals surface area (Å²) in [5, 5.41) is 8.57. The molecule has 0 aliphatic carbocycles. The molecule has 0 fully saturated rings. The number of carboxylic acids is 1. The van der Waals surface area contributed by atoms with Crippen LogP contribution in [0, 0.1) is 0 Å². The maximum atomic E-state index is 10.5. The van der Waals surface area contributed by atoms with Gasteiger partial charge in [0.2, 0.25) is 0 Å². The fourth-order valence-corrected chi connectivity index (χ4v) is 0.636. The highest BCUT2D eigenvalue weighted by Crippen LogP contribution is 1.95. The molecule has 0 aromatic carbocycles. The summed E-state index contributed by atoms with van der Waals surface area (Å²) >= 11 is 0. The molecule has 0 aromatic heterocycles. The van der Waals surface area contributed by atoms with E-state index < -0.39 is 12.1 Å². The van der Waals surface area contributed by atoms with E-state index in [1.54, 1.807) is 6.08 Å². The number of ether oxygens (including phenoxy) is 2. The van der Waals surface area contributed by atoms with E-state index in [1.165, 1.54) is 7.11 Å². The van der Waals surface area contributed by atoms with Crippen LogP contribution in [0.15, 0.2) is 12.7 Å². The van der Waals surface area contributed by atoms with Gasteiger partial charge >= 0.3 is 5.97 Å². The van der Waals surface area contributed by atoms with Gasteiger partial charge in [-0.3, -0.25) is 0 Å². The highest BCUT2D eigenvalue weighted by Gasteiger charge is 2.16. The molecule has 4 heteroatoms. The van der Waals surface area contributed by atoms with Crippen molar-refractivity contribution in [1.29, 1.82) is 0 Å². The van der Waals surface area contributed by atoms with Gasteiger partial charge in [-0.25, -0.2) is 4.79 Å². The number of hydrogen-bond donors (Lipinski definition) is 1. The van der Waals surface area contributed by atoms with Gasteiger partial charge in [0, 0.05) is 7.11 Å². The van der Waals surface area contributed by atoms with Crippen molar-refractivity contribution < 1.29 is 19.4 Å². The average Bonchev–Trinajstić information content (AvgIpc) is 2.03. The number of rotatable bonds is 7. The van der Waals surface area contributed by atoms with Gasteiger partial charge in [0.25, 0.3) is 0 Å². The van der Waals surface area contributed by atoms with Gasteiger partial charge < -0.3 is 14.6 Å². The molecule has 12 heavy (non-hydrogen) atoms. The highest BCUT2D eigenvalue weighted by molar-refractivity contribution is 5.72. The van der Waals surface area contributed by atoms with Gasteiger partial charge in [-0.15, -0.1) is 6.58 Å². The largest absolute Gasteiger partial charge is 0.479 e. The van der Waals surface area contributed by atoms with Crippen LogP contribution in [0.4, 0.5) is 0 Å². The van der Waals surface area contributed by atoms with Crippen molar-refractivity contribution in [2.24, 2.45) is 0 Å². The first-order chi connectivity index (χ1) is 5.72. The second-order valence-electron chi connectivity index (χ2n) is 2.23. The summed E-state index contributed by atoms with van der Waals surface area (Å²) < 4.78 is 9.65. The maximum Gasteiger partial charge on any atom is 0.335 e. The summed E-state index contributed by atoms with van der Waals surface area (Å²) in [4.78, 5) is 10.5. The van der Waals surface area contributed by atoms with Crippen molar-refractivity contribution in [1.82, 2.24) is 0 Å². The van der Waals surface area contributed by atoms with Crippen LogP contribution in [0.5, 0.6) is 0 Å². The SMILES string of the molecule is C=CCCOC(COC)C(=O)O. The van der Waals surface area contributed by atoms with Gasteiger partial charge in [-0.05, 0) is 6.42 Å². The minimum absolute atomic E-state index is 0.0759. The summed E-state index contributed by atoms with van der Waals surface area (Å²) in [5.74, 6) is -0.999. The van der Waals surface area contributed by atoms with Crippen LogP contribution in [0.2, 0.25) is 0 Å². The van der Waals surface area contributed by atoms with Crippen molar-refractivity contribution in [3.05, 3.63) is 12.7 Å². The Morgan fingerprint density at radius 2 is 2.42 bits per heavy atom. The summed E-state index contributed by atoms with van der Waals surface area (Å²) in [6.45, 7) is 3.93. The lowest BCUT2D eigenvalue weighted by atomic mass is 10.4. The Balaban J connectivity index is 3.63. The lowest BCUT2D eigenvalue weighted by Gasteiger charge is -2.11. The van der Waals surface area contributed by atoms with Crippen molar-refractivity contribution >= 4 is 5.97 Å². The summed E-state index contributed by atoms with van der Waals surface area (Å²) in [7, 11) is 1.44. The third-order valence-corrected chi connectivity index (χ3v) is 1.23. The Labute approximate surface area is 71.8 Å². The zero-order chi connectivity index (χ0) is 9.40. The molecule has 1 unspecified atom stereocenters. The molecule has 0 aliphatic rings. The molecule has 0 spiro atoms. The van der Waals surface area contributed by atoms with Crippen molar-refractivity contribution in [3.8, 4) is 0 Å². The molecule has 1 N–H and O–H groups in total. The average molecular weight is 174 g/mol. The zero-order valence-corrected chi connectivity index (χ0v) is 7.16. The first-order valence-corrected chi connectivity index (χ1v) is 3.66. The number of carboxylic acid groups (broad SMARTS) is 1. The fourth-order valence-electron chi connectivity index (χ4n) is 0.636. The predicted octanol–water partition coefficient (Wildman–Crippen LogP) is 0.679. The van der Waals surface area contributed by atoms with E-state index in [1.807, 2.05) is 0 Å². The third-order valence-electron chi connectivity index (χ3n) is 1.23. The summed E-state index contributed by atoms with van der Waals surface area (Å²) in [5.41, 5.74) is 0. The van der Waals surface area contributed by atoms with Crippen molar-refractivity contribution in [2.45, 2.75) is 12.5 Å². The molecule has 0 radical (unpaired) electrons. The topological polar surface area (TPSA) is 55.8 Å². The molecule has 70 valence electrons.